The molecule has 40 heavy (non-hydrogen) atoms. The summed E-state index contributed by atoms with van der Waals surface area (Å²) in [6, 6.07) is 7.70. The quantitative estimate of drug-likeness (QED) is 0.321. The number of piperidine rings is 1. The first-order valence-electron chi connectivity index (χ1n) is 13.5. The third-order valence-corrected chi connectivity index (χ3v) is 7.06. The Hall–Kier alpha value is -4.47. The second kappa shape index (κ2) is 11.7. The second-order valence-corrected chi connectivity index (χ2v) is 10.8. The van der Waals surface area contributed by atoms with Gasteiger partial charge in [-0.15, -0.1) is 0 Å². The van der Waals surface area contributed by atoms with Crippen LogP contribution in [0, 0.1) is 5.41 Å². The van der Waals surface area contributed by atoms with Gasteiger partial charge in [-0.25, -0.2) is 9.97 Å². The van der Waals surface area contributed by atoms with Crippen LogP contribution < -0.4 is 10.2 Å². The van der Waals surface area contributed by atoms with Crippen molar-refractivity contribution in [3.05, 3.63) is 78.3 Å². The largest absolute Gasteiger partial charge is 0.508 e. The Balaban J connectivity index is 1.27. The van der Waals surface area contributed by atoms with Crippen molar-refractivity contribution in [3.63, 3.8) is 0 Å². The summed E-state index contributed by atoms with van der Waals surface area (Å²) >= 11 is 0. The highest BCUT2D eigenvalue weighted by Crippen LogP contribution is 2.27. The summed E-state index contributed by atoms with van der Waals surface area (Å²) in [5, 5.41) is 22.9. The van der Waals surface area contributed by atoms with E-state index in [4.69, 9.17) is 14.7 Å². The van der Waals surface area contributed by atoms with Crippen LogP contribution in [0.5, 0.6) is 0 Å². The molecule has 0 radical (unpaired) electrons. The molecule has 1 atom stereocenters. The Labute approximate surface area is 233 Å². The molecular formula is C30H34N6O4. The number of aliphatic hydroxyl groups excluding tert-OH is 1. The molecule has 1 aliphatic heterocycles. The van der Waals surface area contributed by atoms with Crippen LogP contribution >= 0.6 is 0 Å². The number of allylic oxidation sites excluding steroid dienone is 3. The summed E-state index contributed by atoms with van der Waals surface area (Å²) in [7, 11) is 0. The zero-order chi connectivity index (χ0) is 28.1. The highest BCUT2D eigenvalue weighted by atomic mass is 16.5. The van der Waals surface area contributed by atoms with Crippen molar-refractivity contribution < 1.29 is 19.7 Å². The summed E-state index contributed by atoms with van der Waals surface area (Å²) in [6.07, 6.45) is 14.2. The molecule has 0 spiro atoms. The monoisotopic (exact) mass is 542 g/mol. The predicted octanol–water partition coefficient (Wildman–Crippen LogP) is 5.44. The second-order valence-electron chi connectivity index (χ2n) is 10.8. The highest BCUT2D eigenvalue weighted by molar-refractivity contribution is 5.74. The SMILES string of the molecule is CC(C)(Cc1cccc(-c2cncc(Nc3cncc(N4CCCC(OC5=C(O)CCC=C5)C4)n3)n2)c1)C(=O)O. The maximum absolute atomic E-state index is 11.6. The smallest absolute Gasteiger partial charge is 0.309 e. The minimum atomic E-state index is -0.871. The van der Waals surface area contributed by atoms with E-state index in [1.165, 1.54) is 0 Å². The molecule has 0 saturated carbocycles. The molecule has 5 rings (SSSR count). The van der Waals surface area contributed by atoms with E-state index < -0.39 is 11.4 Å². The number of nitrogens with one attached hydrogen (secondary N) is 1. The van der Waals surface area contributed by atoms with Crippen LogP contribution in [0.3, 0.4) is 0 Å². The molecule has 3 heterocycles. The van der Waals surface area contributed by atoms with Gasteiger partial charge in [0.1, 0.15) is 17.7 Å². The van der Waals surface area contributed by atoms with E-state index in [1.807, 2.05) is 36.4 Å². The van der Waals surface area contributed by atoms with E-state index in [9.17, 15) is 15.0 Å². The van der Waals surface area contributed by atoms with Gasteiger partial charge in [-0.05, 0) is 57.2 Å². The number of hydrogen-bond acceptors (Lipinski definition) is 9. The zero-order valence-corrected chi connectivity index (χ0v) is 22.7. The number of aliphatic carboxylic acids is 1. The van der Waals surface area contributed by atoms with Gasteiger partial charge >= 0.3 is 5.97 Å². The highest BCUT2D eigenvalue weighted by Gasteiger charge is 2.27. The molecule has 2 aromatic heterocycles. The molecule has 1 saturated heterocycles. The van der Waals surface area contributed by atoms with Gasteiger partial charge in [-0.3, -0.25) is 14.8 Å². The summed E-state index contributed by atoms with van der Waals surface area (Å²) in [5.41, 5.74) is 1.56. The number of aromatic nitrogens is 4. The molecule has 2 aliphatic rings. The Bertz CT molecular complexity index is 1440. The molecule has 1 aromatic carbocycles. The number of nitrogens with zero attached hydrogens (tertiary/aromatic N) is 5. The minimum Gasteiger partial charge on any atom is -0.508 e. The van der Waals surface area contributed by atoms with Crippen molar-refractivity contribution in [2.45, 2.75) is 52.1 Å². The van der Waals surface area contributed by atoms with Crippen molar-refractivity contribution in [2.24, 2.45) is 5.41 Å². The normalized spacial score (nSPS) is 17.6. The molecule has 208 valence electrons. The van der Waals surface area contributed by atoms with E-state index in [1.54, 1.807) is 38.6 Å². The van der Waals surface area contributed by atoms with Crippen LogP contribution in [0.4, 0.5) is 17.5 Å². The molecule has 0 amide bonds. The average Bonchev–Trinajstić information content (AvgIpc) is 2.95. The molecule has 1 aliphatic carbocycles. The number of ether oxygens (including phenoxy) is 1. The molecular weight excluding hydrogens is 508 g/mol. The van der Waals surface area contributed by atoms with Crippen LogP contribution in [0.15, 0.2) is 72.7 Å². The van der Waals surface area contributed by atoms with Crippen LogP contribution in [-0.4, -0.2) is 55.3 Å². The van der Waals surface area contributed by atoms with Crippen LogP contribution in [0.2, 0.25) is 0 Å². The summed E-state index contributed by atoms with van der Waals surface area (Å²) < 4.78 is 6.11. The number of aliphatic hydroxyl groups is 1. The molecule has 10 nitrogen and oxygen atoms in total. The van der Waals surface area contributed by atoms with E-state index in [2.05, 4.69) is 20.2 Å². The van der Waals surface area contributed by atoms with E-state index in [0.29, 0.717) is 48.2 Å². The first-order valence-corrected chi connectivity index (χ1v) is 13.5. The van der Waals surface area contributed by atoms with Gasteiger partial charge in [0.15, 0.2) is 17.4 Å². The van der Waals surface area contributed by atoms with Crippen molar-refractivity contribution in [1.82, 2.24) is 19.9 Å². The third-order valence-electron chi connectivity index (χ3n) is 7.06. The fourth-order valence-electron chi connectivity index (χ4n) is 4.85. The van der Waals surface area contributed by atoms with Gasteiger partial charge in [-0.1, -0.05) is 24.3 Å². The summed E-state index contributed by atoms with van der Waals surface area (Å²) in [5.74, 6) is 1.83. The fraction of sp³-hybridized carbons (Fsp3) is 0.367. The molecule has 10 heteroatoms. The zero-order valence-electron chi connectivity index (χ0n) is 22.7. The number of anilines is 3. The number of benzene rings is 1. The van der Waals surface area contributed by atoms with Gasteiger partial charge in [0.2, 0.25) is 0 Å². The Morgan fingerprint density at radius 3 is 2.75 bits per heavy atom. The topological polar surface area (TPSA) is 134 Å². The Morgan fingerprint density at radius 2 is 1.95 bits per heavy atom. The van der Waals surface area contributed by atoms with Gasteiger partial charge in [0.25, 0.3) is 0 Å². The fourth-order valence-corrected chi connectivity index (χ4v) is 4.85. The van der Waals surface area contributed by atoms with Crippen LogP contribution in [0.25, 0.3) is 11.3 Å². The number of carbonyl (C=O) groups is 1. The number of hydrogen-bond donors (Lipinski definition) is 3. The van der Waals surface area contributed by atoms with Gasteiger partial charge < -0.3 is 25.2 Å². The van der Waals surface area contributed by atoms with Crippen LogP contribution in [-0.2, 0) is 16.0 Å². The predicted molar refractivity (Wildman–Crippen MR) is 152 cm³/mol. The first-order chi connectivity index (χ1) is 19.3. The summed E-state index contributed by atoms with van der Waals surface area (Å²) in [4.78, 5) is 31.9. The minimum absolute atomic E-state index is 0.0496. The van der Waals surface area contributed by atoms with Crippen molar-refractivity contribution >= 4 is 23.4 Å². The van der Waals surface area contributed by atoms with Crippen molar-refractivity contribution in [1.29, 1.82) is 0 Å². The van der Waals surface area contributed by atoms with Crippen molar-refractivity contribution in [2.75, 3.05) is 23.3 Å². The molecule has 0 bridgehead atoms. The third kappa shape index (κ3) is 6.56. The number of carboxylic acid groups (broad SMARTS) is 1. The lowest BCUT2D eigenvalue weighted by molar-refractivity contribution is -0.146. The first kappa shape index (κ1) is 27.1. The lowest BCUT2D eigenvalue weighted by Gasteiger charge is -2.34. The van der Waals surface area contributed by atoms with Gasteiger partial charge in [0.05, 0.1) is 42.4 Å². The van der Waals surface area contributed by atoms with Gasteiger partial charge in [-0.2, -0.15) is 0 Å². The van der Waals surface area contributed by atoms with E-state index in [0.717, 1.165) is 42.8 Å². The molecule has 1 fully saturated rings. The van der Waals surface area contributed by atoms with E-state index in [-0.39, 0.29) is 6.10 Å². The molecule has 3 N–H and O–H groups in total. The Morgan fingerprint density at radius 1 is 1.15 bits per heavy atom. The maximum Gasteiger partial charge on any atom is 0.309 e. The molecule has 3 aromatic rings. The number of rotatable bonds is 9. The van der Waals surface area contributed by atoms with Crippen LogP contribution in [0.1, 0.15) is 45.1 Å². The van der Waals surface area contributed by atoms with E-state index >= 15 is 0 Å². The Kier molecular flexibility index (Phi) is 7.95. The lowest BCUT2D eigenvalue weighted by Crippen LogP contribution is -2.40. The lowest BCUT2D eigenvalue weighted by atomic mass is 9.85. The standard InChI is InChI=1S/C30H34N6O4/c1-30(2,29(38)39)14-20-7-5-8-21(13-20)23-15-31-16-26(33-23)34-27-17-32-18-28(35-27)36-12-6-9-22(19-36)40-25-11-4-3-10-24(25)37/h4-5,7-8,11,13,15-18,22,37H,3,6,9-10,12,14,19H2,1-2H3,(H,38,39)(H,33,34,35). The molecule has 1 unspecified atom stereocenters. The van der Waals surface area contributed by atoms with Gasteiger partial charge in [0, 0.05) is 18.5 Å². The summed E-state index contributed by atoms with van der Waals surface area (Å²) in [6.45, 7) is 4.92. The average molecular weight is 543 g/mol. The van der Waals surface area contributed by atoms with Crippen molar-refractivity contribution in [3.8, 4) is 11.3 Å². The maximum atomic E-state index is 11.6. The number of carboxylic acids is 1.